The van der Waals surface area contributed by atoms with Gasteiger partial charge in [0.1, 0.15) is 5.56 Å². The summed E-state index contributed by atoms with van der Waals surface area (Å²) in [7, 11) is 0. The van der Waals surface area contributed by atoms with Crippen LogP contribution in [0.15, 0.2) is 0 Å². The van der Waals surface area contributed by atoms with E-state index in [1.165, 1.54) is 0 Å². The monoisotopic (exact) mass is 235 g/mol. The van der Waals surface area contributed by atoms with Crippen molar-refractivity contribution >= 4 is 11.8 Å². The Bertz CT molecular complexity index is 483. The van der Waals surface area contributed by atoms with Gasteiger partial charge in [-0.3, -0.25) is 0 Å². The van der Waals surface area contributed by atoms with E-state index in [0.717, 1.165) is 6.42 Å². The molecule has 1 heterocycles. The molecule has 5 nitrogen and oxygen atoms in total. The van der Waals surface area contributed by atoms with E-state index in [0.29, 0.717) is 17.1 Å². The van der Waals surface area contributed by atoms with Gasteiger partial charge < -0.3 is 10.4 Å². The molecule has 1 saturated carbocycles. The molecule has 1 fully saturated rings. The maximum absolute atomic E-state index is 11.3. The first-order chi connectivity index (χ1) is 7.83. The number of aromatic carboxylic acids is 1. The summed E-state index contributed by atoms with van der Waals surface area (Å²) in [5.41, 5.74) is 1.78. The van der Waals surface area contributed by atoms with Crippen LogP contribution in [0.5, 0.6) is 0 Å². The van der Waals surface area contributed by atoms with Crippen molar-refractivity contribution in [1.29, 1.82) is 0 Å². The summed E-state index contributed by atoms with van der Waals surface area (Å²) in [4.78, 5) is 11.3. The summed E-state index contributed by atoms with van der Waals surface area (Å²) < 4.78 is 0. The van der Waals surface area contributed by atoms with Gasteiger partial charge in [-0.1, -0.05) is 13.8 Å². The topological polar surface area (TPSA) is 75.1 Å². The molecule has 2 rings (SSSR count). The van der Waals surface area contributed by atoms with Gasteiger partial charge in [0.05, 0.1) is 5.69 Å². The van der Waals surface area contributed by atoms with E-state index >= 15 is 0 Å². The highest BCUT2D eigenvalue weighted by Gasteiger charge is 2.46. The minimum atomic E-state index is -0.957. The van der Waals surface area contributed by atoms with Gasteiger partial charge >= 0.3 is 5.97 Å². The first kappa shape index (κ1) is 11.8. The molecule has 2 N–H and O–H groups in total. The molecular formula is C12H17N3O2. The fourth-order valence-electron chi connectivity index (χ4n) is 1.85. The van der Waals surface area contributed by atoms with Crippen molar-refractivity contribution in [3.05, 3.63) is 16.8 Å². The second-order valence-corrected chi connectivity index (χ2v) is 5.33. The molecule has 0 bridgehead atoms. The summed E-state index contributed by atoms with van der Waals surface area (Å²) in [6.45, 7) is 7.80. The van der Waals surface area contributed by atoms with E-state index in [4.69, 9.17) is 0 Å². The van der Waals surface area contributed by atoms with Crippen LogP contribution in [0.25, 0.3) is 0 Å². The molecule has 0 amide bonds. The largest absolute Gasteiger partial charge is 0.478 e. The van der Waals surface area contributed by atoms with E-state index in [9.17, 15) is 9.90 Å². The fraction of sp³-hybridized carbons (Fsp3) is 0.583. The molecule has 0 aromatic carbocycles. The van der Waals surface area contributed by atoms with Gasteiger partial charge in [-0.25, -0.2) is 4.79 Å². The zero-order valence-electron chi connectivity index (χ0n) is 10.5. The molecule has 0 aliphatic heterocycles. The maximum atomic E-state index is 11.3. The van der Waals surface area contributed by atoms with Crippen LogP contribution >= 0.6 is 0 Å². The lowest BCUT2D eigenvalue weighted by atomic mass is 10.1. The molecule has 1 aliphatic rings. The lowest BCUT2D eigenvalue weighted by Gasteiger charge is -2.12. The van der Waals surface area contributed by atoms with Crippen LogP contribution in [0.4, 0.5) is 5.82 Å². The number of nitrogens with one attached hydrogen (secondary N) is 1. The molecule has 1 atom stereocenters. The summed E-state index contributed by atoms with van der Waals surface area (Å²) >= 11 is 0. The van der Waals surface area contributed by atoms with Crippen LogP contribution in [0, 0.1) is 19.3 Å². The van der Waals surface area contributed by atoms with Gasteiger partial charge in [0, 0.05) is 6.04 Å². The number of aromatic nitrogens is 2. The predicted octanol–water partition coefficient (Wildman–Crippen LogP) is 2.00. The zero-order chi connectivity index (χ0) is 12.8. The SMILES string of the molecule is Cc1nnc(NC2CC2(C)C)c(C(=O)O)c1C. The summed E-state index contributed by atoms with van der Waals surface area (Å²) in [6, 6.07) is 0.289. The van der Waals surface area contributed by atoms with Gasteiger partial charge in [0.2, 0.25) is 0 Å². The lowest BCUT2D eigenvalue weighted by Crippen LogP contribution is -2.16. The van der Waals surface area contributed by atoms with Gasteiger partial charge in [-0.2, -0.15) is 5.10 Å². The van der Waals surface area contributed by atoms with Crippen molar-refractivity contribution in [3.8, 4) is 0 Å². The fourth-order valence-corrected chi connectivity index (χ4v) is 1.85. The standard InChI is InChI=1S/C12H17N3O2/c1-6-7(2)14-15-10(9(6)11(16)17)13-8-5-12(8,3)4/h8H,5H2,1-4H3,(H,13,15)(H,16,17). The average molecular weight is 235 g/mol. The number of hydrogen-bond donors (Lipinski definition) is 2. The van der Waals surface area contributed by atoms with Crippen LogP contribution in [0.2, 0.25) is 0 Å². The number of nitrogens with zero attached hydrogens (tertiary/aromatic N) is 2. The summed E-state index contributed by atoms with van der Waals surface area (Å²) in [5.74, 6) is -0.572. The number of hydrogen-bond acceptors (Lipinski definition) is 4. The molecule has 0 spiro atoms. The quantitative estimate of drug-likeness (QED) is 0.838. The Morgan fingerprint density at radius 1 is 1.41 bits per heavy atom. The Morgan fingerprint density at radius 3 is 2.47 bits per heavy atom. The lowest BCUT2D eigenvalue weighted by molar-refractivity contribution is 0.0696. The molecular weight excluding hydrogens is 218 g/mol. The highest BCUT2D eigenvalue weighted by atomic mass is 16.4. The molecule has 1 aliphatic carbocycles. The third-order valence-electron chi connectivity index (χ3n) is 3.49. The van der Waals surface area contributed by atoms with Crippen LogP contribution in [0.1, 0.15) is 41.9 Å². The third-order valence-corrected chi connectivity index (χ3v) is 3.49. The molecule has 5 heteroatoms. The summed E-state index contributed by atoms with van der Waals surface area (Å²) in [6.07, 6.45) is 1.03. The highest BCUT2D eigenvalue weighted by Crippen LogP contribution is 2.46. The number of aryl methyl sites for hydroxylation is 1. The van der Waals surface area contributed by atoms with Crippen LogP contribution < -0.4 is 5.32 Å². The van der Waals surface area contributed by atoms with E-state index in [1.54, 1.807) is 13.8 Å². The van der Waals surface area contributed by atoms with Gasteiger partial charge in [0.15, 0.2) is 5.82 Å². The van der Waals surface area contributed by atoms with Crippen molar-refractivity contribution in [3.63, 3.8) is 0 Å². The second kappa shape index (κ2) is 3.68. The van der Waals surface area contributed by atoms with E-state index in [1.807, 2.05) is 0 Å². The van der Waals surface area contributed by atoms with Crippen molar-refractivity contribution < 1.29 is 9.90 Å². The first-order valence-corrected chi connectivity index (χ1v) is 5.66. The molecule has 92 valence electrons. The van der Waals surface area contributed by atoms with E-state index in [-0.39, 0.29) is 17.0 Å². The van der Waals surface area contributed by atoms with Gasteiger partial charge in [-0.15, -0.1) is 5.10 Å². The number of carboxylic acids is 1. The van der Waals surface area contributed by atoms with Gasteiger partial charge in [-0.05, 0) is 31.2 Å². The maximum Gasteiger partial charge on any atom is 0.339 e. The van der Waals surface area contributed by atoms with Crippen molar-refractivity contribution in [2.45, 2.75) is 40.2 Å². The van der Waals surface area contributed by atoms with Crippen LogP contribution in [-0.4, -0.2) is 27.3 Å². The Labute approximate surface area is 100 Å². The number of anilines is 1. The Morgan fingerprint density at radius 2 is 2.00 bits per heavy atom. The van der Waals surface area contributed by atoms with Gasteiger partial charge in [0.25, 0.3) is 0 Å². The van der Waals surface area contributed by atoms with E-state index in [2.05, 4.69) is 29.4 Å². The minimum Gasteiger partial charge on any atom is -0.478 e. The number of carbonyl (C=O) groups is 1. The normalized spacial score (nSPS) is 21.1. The number of rotatable bonds is 3. The first-order valence-electron chi connectivity index (χ1n) is 5.66. The third kappa shape index (κ3) is 2.09. The Balaban J connectivity index is 2.34. The average Bonchev–Trinajstić information content (AvgIpc) is 2.79. The molecule has 1 aromatic heterocycles. The molecule has 1 aromatic rings. The predicted molar refractivity (Wildman–Crippen MR) is 64.3 cm³/mol. The van der Waals surface area contributed by atoms with Crippen molar-refractivity contribution in [2.24, 2.45) is 5.41 Å². The molecule has 1 unspecified atom stereocenters. The Hall–Kier alpha value is -1.65. The number of carboxylic acid groups (broad SMARTS) is 1. The molecule has 0 radical (unpaired) electrons. The van der Waals surface area contributed by atoms with E-state index < -0.39 is 5.97 Å². The Kier molecular flexibility index (Phi) is 2.56. The second-order valence-electron chi connectivity index (χ2n) is 5.33. The van der Waals surface area contributed by atoms with Crippen molar-refractivity contribution in [2.75, 3.05) is 5.32 Å². The van der Waals surface area contributed by atoms with Crippen LogP contribution in [0.3, 0.4) is 0 Å². The minimum absolute atomic E-state index is 0.218. The van der Waals surface area contributed by atoms with Crippen LogP contribution in [-0.2, 0) is 0 Å². The molecule has 0 saturated heterocycles. The smallest absolute Gasteiger partial charge is 0.339 e. The van der Waals surface area contributed by atoms with Crippen molar-refractivity contribution in [1.82, 2.24) is 10.2 Å². The summed E-state index contributed by atoms with van der Waals surface area (Å²) in [5, 5.41) is 20.3. The molecule has 17 heavy (non-hydrogen) atoms. The zero-order valence-corrected chi connectivity index (χ0v) is 10.5. The highest BCUT2D eigenvalue weighted by molar-refractivity contribution is 5.95.